The molecular weight excluding hydrogens is 226 g/mol. The summed E-state index contributed by atoms with van der Waals surface area (Å²) in [4.78, 5) is 8.88. The van der Waals surface area contributed by atoms with Crippen molar-refractivity contribution in [2.45, 2.75) is 38.6 Å². The van der Waals surface area contributed by atoms with Gasteiger partial charge in [0.2, 0.25) is 0 Å². The number of nitrogens with zero attached hydrogens (tertiary/aromatic N) is 4. The number of aromatic nitrogens is 4. The van der Waals surface area contributed by atoms with Gasteiger partial charge in [-0.05, 0) is 19.3 Å². The third kappa shape index (κ3) is 1.70. The highest BCUT2D eigenvalue weighted by atomic mass is 15.2. The van der Waals surface area contributed by atoms with Crippen LogP contribution in [0.2, 0.25) is 0 Å². The van der Waals surface area contributed by atoms with Crippen molar-refractivity contribution in [2.75, 3.05) is 5.73 Å². The van der Waals surface area contributed by atoms with Gasteiger partial charge in [0.25, 0.3) is 0 Å². The van der Waals surface area contributed by atoms with Crippen LogP contribution in [0.3, 0.4) is 0 Å². The molecule has 1 fully saturated rings. The van der Waals surface area contributed by atoms with E-state index in [-0.39, 0.29) is 0 Å². The van der Waals surface area contributed by atoms with Crippen LogP contribution in [0.1, 0.15) is 38.1 Å². The first kappa shape index (κ1) is 11.3. The highest BCUT2D eigenvalue weighted by Gasteiger charge is 2.30. The zero-order valence-corrected chi connectivity index (χ0v) is 10.9. The van der Waals surface area contributed by atoms with Crippen LogP contribution in [0.4, 0.5) is 5.82 Å². The molecule has 0 aromatic carbocycles. The van der Waals surface area contributed by atoms with E-state index in [1.807, 2.05) is 17.8 Å². The van der Waals surface area contributed by atoms with E-state index in [1.165, 1.54) is 12.8 Å². The van der Waals surface area contributed by atoms with Crippen molar-refractivity contribution in [2.24, 2.45) is 7.05 Å². The van der Waals surface area contributed by atoms with Crippen LogP contribution < -0.4 is 5.73 Å². The van der Waals surface area contributed by atoms with E-state index < -0.39 is 0 Å². The number of imidazole rings is 2. The number of hydrogen-bond donors (Lipinski definition) is 1. The van der Waals surface area contributed by atoms with E-state index in [1.54, 1.807) is 6.33 Å². The molecule has 0 bridgehead atoms. The minimum atomic E-state index is 0.570. The lowest BCUT2D eigenvalue weighted by Crippen LogP contribution is -2.05. The van der Waals surface area contributed by atoms with Gasteiger partial charge in [0.15, 0.2) is 0 Å². The molecule has 0 aliphatic heterocycles. The van der Waals surface area contributed by atoms with E-state index in [0.717, 1.165) is 35.9 Å². The molecule has 18 heavy (non-hydrogen) atoms. The second kappa shape index (κ2) is 4.15. The van der Waals surface area contributed by atoms with Crippen molar-refractivity contribution in [3.8, 4) is 11.4 Å². The van der Waals surface area contributed by atoms with Crippen molar-refractivity contribution in [3.05, 3.63) is 18.3 Å². The Labute approximate surface area is 107 Å². The fourth-order valence-electron chi connectivity index (χ4n) is 2.41. The molecule has 0 amide bonds. The molecule has 1 aliphatic rings. The van der Waals surface area contributed by atoms with Gasteiger partial charge in [-0.2, -0.15) is 0 Å². The maximum absolute atomic E-state index is 6.29. The van der Waals surface area contributed by atoms with Crippen molar-refractivity contribution >= 4 is 5.82 Å². The zero-order valence-electron chi connectivity index (χ0n) is 10.9. The van der Waals surface area contributed by atoms with Crippen molar-refractivity contribution in [3.63, 3.8) is 0 Å². The normalized spacial score (nSPS) is 15.2. The summed E-state index contributed by atoms with van der Waals surface area (Å²) in [7, 11) is 1.97. The molecule has 5 heteroatoms. The number of nitrogens with two attached hydrogens (primary N) is 1. The van der Waals surface area contributed by atoms with Crippen LogP contribution in [-0.2, 0) is 13.5 Å². The Morgan fingerprint density at radius 2 is 2.22 bits per heavy atom. The Bertz CT molecular complexity index is 562. The Kier molecular flexibility index (Phi) is 2.61. The SMILES string of the molecule is CCCc1nc(-c2cncn2C)c(N)n1C1CC1. The summed E-state index contributed by atoms with van der Waals surface area (Å²) in [6.07, 6.45) is 8.13. The van der Waals surface area contributed by atoms with E-state index in [2.05, 4.69) is 16.5 Å². The van der Waals surface area contributed by atoms with Gasteiger partial charge in [-0.15, -0.1) is 0 Å². The van der Waals surface area contributed by atoms with Crippen LogP contribution in [-0.4, -0.2) is 19.1 Å². The van der Waals surface area contributed by atoms with Gasteiger partial charge >= 0.3 is 0 Å². The molecule has 0 spiro atoms. The van der Waals surface area contributed by atoms with Gasteiger partial charge in [0.05, 0.1) is 18.2 Å². The minimum absolute atomic E-state index is 0.570. The second-order valence-electron chi connectivity index (χ2n) is 5.00. The van der Waals surface area contributed by atoms with Gasteiger partial charge in [0.1, 0.15) is 17.3 Å². The van der Waals surface area contributed by atoms with Crippen LogP contribution in [0.25, 0.3) is 11.4 Å². The molecule has 5 nitrogen and oxygen atoms in total. The molecule has 2 N–H and O–H groups in total. The third-order valence-corrected chi connectivity index (χ3v) is 3.47. The highest BCUT2D eigenvalue weighted by molar-refractivity contribution is 5.68. The lowest BCUT2D eigenvalue weighted by Gasteiger charge is -2.07. The molecule has 0 atom stereocenters. The molecule has 0 unspecified atom stereocenters. The quantitative estimate of drug-likeness (QED) is 0.897. The summed E-state index contributed by atoms with van der Waals surface area (Å²) in [6, 6.07) is 0.570. The van der Waals surface area contributed by atoms with Gasteiger partial charge in [-0.1, -0.05) is 6.92 Å². The molecule has 2 aromatic rings. The molecule has 1 aliphatic carbocycles. The predicted octanol–water partition coefficient (Wildman–Crippen LogP) is 2.15. The summed E-state index contributed by atoms with van der Waals surface area (Å²) >= 11 is 0. The standard InChI is InChI=1S/C13H19N5/c1-3-4-11-16-12(10-7-15-8-17(10)2)13(14)18(11)9-5-6-9/h7-9H,3-6,14H2,1-2H3. The molecule has 2 heterocycles. The Morgan fingerprint density at radius 3 is 2.78 bits per heavy atom. The number of nitrogen functional groups attached to an aromatic ring is 1. The maximum Gasteiger partial charge on any atom is 0.133 e. The largest absolute Gasteiger partial charge is 0.383 e. The zero-order chi connectivity index (χ0) is 12.7. The summed E-state index contributed by atoms with van der Waals surface area (Å²) < 4.78 is 4.19. The molecule has 96 valence electrons. The Balaban J connectivity index is 2.10. The Hall–Kier alpha value is -1.78. The first-order valence-corrected chi connectivity index (χ1v) is 6.55. The van der Waals surface area contributed by atoms with Crippen LogP contribution in [0.15, 0.2) is 12.5 Å². The van der Waals surface area contributed by atoms with E-state index >= 15 is 0 Å². The maximum atomic E-state index is 6.29. The van der Waals surface area contributed by atoms with E-state index in [9.17, 15) is 0 Å². The summed E-state index contributed by atoms with van der Waals surface area (Å²) in [5.74, 6) is 1.92. The van der Waals surface area contributed by atoms with Gasteiger partial charge in [-0.3, -0.25) is 0 Å². The van der Waals surface area contributed by atoms with Gasteiger partial charge in [0, 0.05) is 19.5 Å². The lowest BCUT2D eigenvalue weighted by atomic mass is 10.3. The lowest BCUT2D eigenvalue weighted by molar-refractivity contribution is 0.676. The summed E-state index contributed by atoms with van der Waals surface area (Å²) in [6.45, 7) is 2.17. The smallest absolute Gasteiger partial charge is 0.133 e. The average molecular weight is 245 g/mol. The first-order valence-electron chi connectivity index (χ1n) is 6.55. The molecular formula is C13H19N5. The molecule has 3 rings (SSSR count). The second-order valence-corrected chi connectivity index (χ2v) is 5.00. The fourth-order valence-corrected chi connectivity index (χ4v) is 2.41. The third-order valence-electron chi connectivity index (χ3n) is 3.47. The van der Waals surface area contributed by atoms with Crippen molar-refractivity contribution in [1.29, 1.82) is 0 Å². The molecule has 2 aromatic heterocycles. The topological polar surface area (TPSA) is 61.7 Å². The number of rotatable bonds is 4. The van der Waals surface area contributed by atoms with Crippen LogP contribution in [0, 0.1) is 0 Å². The van der Waals surface area contributed by atoms with E-state index in [0.29, 0.717) is 6.04 Å². The average Bonchev–Trinajstić information content (AvgIpc) is 3.01. The molecule has 1 saturated carbocycles. The molecule has 0 saturated heterocycles. The number of anilines is 1. The fraction of sp³-hybridized carbons (Fsp3) is 0.538. The molecule has 0 radical (unpaired) electrons. The minimum Gasteiger partial charge on any atom is -0.383 e. The summed E-state index contributed by atoms with van der Waals surface area (Å²) in [5, 5.41) is 0. The van der Waals surface area contributed by atoms with Crippen molar-refractivity contribution < 1.29 is 0 Å². The summed E-state index contributed by atoms with van der Waals surface area (Å²) in [5.41, 5.74) is 8.16. The van der Waals surface area contributed by atoms with Gasteiger partial charge in [-0.25, -0.2) is 9.97 Å². The number of aryl methyl sites for hydroxylation is 2. The van der Waals surface area contributed by atoms with Gasteiger partial charge < -0.3 is 14.9 Å². The van der Waals surface area contributed by atoms with Crippen LogP contribution >= 0.6 is 0 Å². The monoisotopic (exact) mass is 245 g/mol. The van der Waals surface area contributed by atoms with Crippen LogP contribution in [0.5, 0.6) is 0 Å². The first-order chi connectivity index (χ1) is 8.72. The Morgan fingerprint density at radius 1 is 1.44 bits per heavy atom. The number of hydrogen-bond acceptors (Lipinski definition) is 3. The highest BCUT2D eigenvalue weighted by Crippen LogP contribution is 2.40. The predicted molar refractivity (Wildman–Crippen MR) is 71.1 cm³/mol. The van der Waals surface area contributed by atoms with Crippen molar-refractivity contribution in [1.82, 2.24) is 19.1 Å². The van der Waals surface area contributed by atoms with E-state index in [4.69, 9.17) is 10.7 Å².